The second kappa shape index (κ2) is 8.93. The highest BCUT2D eigenvalue weighted by molar-refractivity contribution is 7.20. The topological polar surface area (TPSA) is 67.9 Å². The number of carbonyl (C=O) groups excluding carboxylic acids is 2. The molecule has 1 amide bonds. The molecule has 2 heterocycles. The summed E-state index contributed by atoms with van der Waals surface area (Å²) in [6, 6.07) is 11.5. The third kappa shape index (κ3) is 4.69. The molecule has 0 spiro atoms. The van der Waals surface area contributed by atoms with Crippen molar-refractivity contribution in [1.82, 2.24) is 4.90 Å². The van der Waals surface area contributed by atoms with Crippen LogP contribution in [0.4, 0.5) is 5.00 Å². The summed E-state index contributed by atoms with van der Waals surface area (Å²) in [6.45, 7) is 5.08. The van der Waals surface area contributed by atoms with Gasteiger partial charge < -0.3 is 14.8 Å². The summed E-state index contributed by atoms with van der Waals surface area (Å²) in [5.41, 5.74) is 1.39. The molecule has 1 N–H and O–H groups in total. The Morgan fingerprint density at radius 3 is 2.65 bits per heavy atom. The molecule has 0 aliphatic carbocycles. The Bertz CT molecular complexity index is 754. The Morgan fingerprint density at radius 2 is 1.96 bits per heavy atom. The number of morpholine rings is 1. The quantitative estimate of drug-likeness (QED) is 0.788. The zero-order valence-electron chi connectivity index (χ0n) is 14.7. The Morgan fingerprint density at radius 1 is 1.23 bits per heavy atom. The van der Waals surface area contributed by atoms with Crippen LogP contribution in [-0.4, -0.2) is 56.2 Å². The number of esters is 1. The molecule has 0 unspecified atom stereocenters. The number of hydrogen-bond donors (Lipinski definition) is 1. The zero-order valence-corrected chi connectivity index (χ0v) is 15.5. The standard InChI is InChI=1S/C19H22N2O4S/c1-2-25-19(23)15-12-16(14-6-4-3-5-7-14)26-18(15)20-17(22)13-21-8-10-24-11-9-21/h3-7,12H,2,8-11,13H2,1H3,(H,20,22). The maximum Gasteiger partial charge on any atom is 0.341 e. The number of rotatable bonds is 6. The van der Waals surface area contributed by atoms with E-state index < -0.39 is 5.97 Å². The SMILES string of the molecule is CCOC(=O)c1cc(-c2ccccc2)sc1NC(=O)CN1CCOCC1. The van der Waals surface area contributed by atoms with Gasteiger partial charge in [0.15, 0.2) is 0 Å². The molecule has 1 aliphatic heterocycles. The summed E-state index contributed by atoms with van der Waals surface area (Å²) >= 11 is 1.38. The van der Waals surface area contributed by atoms with Gasteiger partial charge in [-0.1, -0.05) is 30.3 Å². The van der Waals surface area contributed by atoms with Crippen molar-refractivity contribution in [1.29, 1.82) is 0 Å². The van der Waals surface area contributed by atoms with Gasteiger partial charge in [-0.15, -0.1) is 11.3 Å². The second-order valence-electron chi connectivity index (χ2n) is 5.88. The first-order chi connectivity index (χ1) is 12.7. The van der Waals surface area contributed by atoms with Gasteiger partial charge in [0.1, 0.15) is 5.00 Å². The smallest absolute Gasteiger partial charge is 0.341 e. The van der Waals surface area contributed by atoms with Crippen molar-refractivity contribution in [3.05, 3.63) is 42.0 Å². The van der Waals surface area contributed by atoms with Gasteiger partial charge >= 0.3 is 5.97 Å². The summed E-state index contributed by atoms with van der Waals surface area (Å²) in [5.74, 6) is -0.563. The van der Waals surface area contributed by atoms with E-state index in [9.17, 15) is 9.59 Å². The van der Waals surface area contributed by atoms with Gasteiger partial charge in [-0.25, -0.2) is 4.79 Å². The number of hydrogen-bond acceptors (Lipinski definition) is 6. The number of carbonyl (C=O) groups is 2. The van der Waals surface area contributed by atoms with Crippen LogP contribution in [0.1, 0.15) is 17.3 Å². The number of nitrogens with zero attached hydrogens (tertiary/aromatic N) is 1. The van der Waals surface area contributed by atoms with Crippen LogP contribution in [0.2, 0.25) is 0 Å². The molecule has 3 rings (SSSR count). The lowest BCUT2D eigenvalue weighted by Gasteiger charge is -2.25. The molecular formula is C19H22N2O4S. The Labute approximate surface area is 156 Å². The van der Waals surface area contributed by atoms with E-state index in [0.29, 0.717) is 23.8 Å². The minimum Gasteiger partial charge on any atom is -0.462 e. The molecule has 1 saturated heterocycles. The third-order valence-corrected chi connectivity index (χ3v) is 5.11. The van der Waals surface area contributed by atoms with Gasteiger partial charge in [-0.2, -0.15) is 0 Å². The summed E-state index contributed by atoms with van der Waals surface area (Å²) < 4.78 is 10.4. The molecular weight excluding hydrogens is 352 g/mol. The number of nitrogens with one attached hydrogen (secondary N) is 1. The van der Waals surface area contributed by atoms with E-state index in [4.69, 9.17) is 9.47 Å². The molecule has 0 radical (unpaired) electrons. The van der Waals surface area contributed by atoms with E-state index in [1.54, 1.807) is 13.0 Å². The fourth-order valence-electron chi connectivity index (χ4n) is 2.72. The molecule has 138 valence electrons. The Balaban J connectivity index is 1.78. The summed E-state index contributed by atoms with van der Waals surface area (Å²) in [5, 5.41) is 3.41. The molecule has 2 aromatic rings. The normalized spacial score (nSPS) is 14.8. The number of thiophene rings is 1. The van der Waals surface area contributed by atoms with E-state index >= 15 is 0 Å². The van der Waals surface area contributed by atoms with Crippen molar-refractivity contribution in [3.63, 3.8) is 0 Å². The maximum absolute atomic E-state index is 12.4. The molecule has 26 heavy (non-hydrogen) atoms. The van der Waals surface area contributed by atoms with Gasteiger partial charge in [0, 0.05) is 18.0 Å². The highest BCUT2D eigenvalue weighted by Crippen LogP contribution is 2.35. The molecule has 0 saturated carbocycles. The van der Waals surface area contributed by atoms with Crippen LogP contribution in [0, 0.1) is 0 Å². The van der Waals surface area contributed by atoms with Crippen LogP contribution in [0.15, 0.2) is 36.4 Å². The van der Waals surface area contributed by atoms with Gasteiger partial charge in [-0.05, 0) is 18.6 Å². The van der Waals surface area contributed by atoms with E-state index in [0.717, 1.165) is 23.5 Å². The van der Waals surface area contributed by atoms with E-state index in [2.05, 4.69) is 5.32 Å². The second-order valence-corrected chi connectivity index (χ2v) is 6.93. The fraction of sp³-hybridized carbons (Fsp3) is 0.368. The number of benzene rings is 1. The number of ether oxygens (including phenoxy) is 2. The average Bonchev–Trinajstić information content (AvgIpc) is 3.07. The first-order valence-corrected chi connectivity index (χ1v) is 9.45. The van der Waals surface area contributed by atoms with Crippen LogP contribution in [0.3, 0.4) is 0 Å². The van der Waals surface area contributed by atoms with Crippen LogP contribution in [0.5, 0.6) is 0 Å². The highest BCUT2D eigenvalue weighted by atomic mass is 32.1. The lowest BCUT2D eigenvalue weighted by Crippen LogP contribution is -2.41. The van der Waals surface area contributed by atoms with Gasteiger partial charge in [0.2, 0.25) is 5.91 Å². The molecule has 0 atom stereocenters. The predicted octanol–water partition coefficient (Wildman–Crippen LogP) is 2.86. The monoisotopic (exact) mass is 374 g/mol. The Kier molecular flexibility index (Phi) is 6.38. The van der Waals surface area contributed by atoms with E-state index in [1.165, 1.54) is 11.3 Å². The predicted molar refractivity (Wildman–Crippen MR) is 102 cm³/mol. The fourth-order valence-corrected chi connectivity index (χ4v) is 3.79. The van der Waals surface area contributed by atoms with Crippen LogP contribution in [-0.2, 0) is 14.3 Å². The van der Waals surface area contributed by atoms with E-state index in [-0.39, 0.29) is 19.1 Å². The molecule has 1 aromatic carbocycles. The van der Waals surface area contributed by atoms with Crippen molar-refractivity contribution in [2.45, 2.75) is 6.92 Å². The van der Waals surface area contributed by atoms with Crippen molar-refractivity contribution >= 4 is 28.2 Å². The lowest BCUT2D eigenvalue weighted by molar-refractivity contribution is -0.118. The van der Waals surface area contributed by atoms with Crippen molar-refractivity contribution < 1.29 is 19.1 Å². The molecule has 1 aromatic heterocycles. The van der Waals surface area contributed by atoms with Crippen molar-refractivity contribution in [2.24, 2.45) is 0 Å². The lowest BCUT2D eigenvalue weighted by atomic mass is 10.1. The minimum absolute atomic E-state index is 0.140. The molecule has 1 aliphatic rings. The van der Waals surface area contributed by atoms with E-state index in [1.807, 2.05) is 35.2 Å². The van der Waals surface area contributed by atoms with Gasteiger partial charge in [0.25, 0.3) is 0 Å². The van der Waals surface area contributed by atoms with Gasteiger partial charge in [-0.3, -0.25) is 9.69 Å². The zero-order chi connectivity index (χ0) is 18.4. The molecule has 1 fully saturated rings. The van der Waals surface area contributed by atoms with Crippen LogP contribution >= 0.6 is 11.3 Å². The van der Waals surface area contributed by atoms with Crippen molar-refractivity contribution in [2.75, 3.05) is 44.8 Å². The summed E-state index contributed by atoms with van der Waals surface area (Å²) in [7, 11) is 0. The minimum atomic E-state index is -0.424. The Hall–Kier alpha value is -2.22. The number of anilines is 1. The first kappa shape index (κ1) is 18.6. The van der Waals surface area contributed by atoms with Gasteiger partial charge in [0.05, 0.1) is 31.9 Å². The molecule has 7 heteroatoms. The third-order valence-electron chi connectivity index (χ3n) is 4.01. The largest absolute Gasteiger partial charge is 0.462 e. The maximum atomic E-state index is 12.4. The number of amides is 1. The van der Waals surface area contributed by atoms with Crippen molar-refractivity contribution in [3.8, 4) is 10.4 Å². The summed E-state index contributed by atoms with van der Waals surface area (Å²) in [4.78, 5) is 27.7. The highest BCUT2D eigenvalue weighted by Gasteiger charge is 2.21. The average molecular weight is 374 g/mol. The molecule has 0 bridgehead atoms. The van der Waals surface area contributed by atoms with Crippen LogP contribution < -0.4 is 5.32 Å². The van der Waals surface area contributed by atoms with Crippen LogP contribution in [0.25, 0.3) is 10.4 Å². The first-order valence-electron chi connectivity index (χ1n) is 8.63. The summed E-state index contributed by atoms with van der Waals surface area (Å²) in [6.07, 6.45) is 0. The molecule has 6 nitrogen and oxygen atoms in total.